The number of ketones is 1. The Morgan fingerprint density at radius 1 is 1.05 bits per heavy atom. The first kappa shape index (κ1) is 30.8. The molecule has 0 unspecified atom stereocenters. The van der Waals surface area contributed by atoms with Gasteiger partial charge in [-0.3, -0.25) is 14.6 Å². The van der Waals surface area contributed by atoms with Gasteiger partial charge in [0.1, 0.15) is 22.7 Å². The van der Waals surface area contributed by atoms with E-state index in [0.717, 1.165) is 24.3 Å². The van der Waals surface area contributed by atoms with Crippen molar-refractivity contribution in [1.29, 1.82) is 0 Å². The fourth-order valence-electron chi connectivity index (χ4n) is 4.36. The van der Waals surface area contributed by atoms with Crippen molar-refractivity contribution in [2.75, 3.05) is 38.0 Å². The van der Waals surface area contributed by atoms with Gasteiger partial charge in [-0.25, -0.2) is 4.39 Å². The van der Waals surface area contributed by atoms with Crippen LogP contribution in [0, 0.1) is 18.2 Å². The molecule has 1 aromatic heterocycles. The zero-order chi connectivity index (χ0) is 29.4. The zero-order valence-electron chi connectivity index (χ0n) is 23.9. The van der Waals surface area contributed by atoms with Crippen LogP contribution in [0.1, 0.15) is 45.6 Å². The van der Waals surface area contributed by atoms with E-state index in [1.54, 1.807) is 18.3 Å². The molecular formula is C30H37FN3O6P. The molecule has 0 saturated heterocycles. The molecule has 0 atom stereocenters. The van der Waals surface area contributed by atoms with Gasteiger partial charge in [0.05, 0.1) is 31.6 Å². The number of aromatic nitrogens is 1. The van der Waals surface area contributed by atoms with Gasteiger partial charge in [-0.2, -0.15) is 0 Å². The van der Waals surface area contributed by atoms with E-state index in [9.17, 15) is 14.0 Å². The van der Waals surface area contributed by atoms with Crippen LogP contribution in [0.3, 0.4) is 0 Å². The third-order valence-electron chi connectivity index (χ3n) is 6.81. The minimum absolute atomic E-state index is 0.00558. The van der Waals surface area contributed by atoms with Crippen LogP contribution >= 0.6 is 8.38 Å². The third-order valence-corrected chi connectivity index (χ3v) is 8.38. The highest BCUT2D eigenvalue weighted by atomic mass is 31.2. The number of hydrogen-bond donors (Lipinski definition) is 2. The Hall–Kier alpha value is -3.17. The molecule has 220 valence electrons. The minimum Gasteiger partial charge on any atom is -0.493 e. The van der Waals surface area contributed by atoms with Crippen molar-refractivity contribution in [2.24, 2.45) is 5.41 Å². The number of rotatable bonds is 16. The molecule has 1 saturated carbocycles. The first-order valence-corrected chi connectivity index (χ1v) is 15.2. The summed E-state index contributed by atoms with van der Waals surface area (Å²) in [5.41, 5.74) is 0.849. The van der Waals surface area contributed by atoms with Gasteiger partial charge in [0.2, 0.25) is 5.91 Å². The first-order valence-electron chi connectivity index (χ1n) is 13.8. The van der Waals surface area contributed by atoms with Crippen LogP contribution in [0.4, 0.5) is 10.1 Å². The van der Waals surface area contributed by atoms with E-state index in [4.69, 9.17) is 18.5 Å². The molecule has 0 aliphatic heterocycles. The van der Waals surface area contributed by atoms with Crippen LogP contribution in [-0.4, -0.2) is 49.3 Å². The SMILES string of the molecule is CCOP(CNCCCOc1cc2nccc(Oc3ccc(NC(=O)C4(C(C)=O)CC4)cc3F)c2cc1C)OCC. The van der Waals surface area contributed by atoms with Crippen LogP contribution in [-0.2, 0) is 18.6 Å². The summed E-state index contributed by atoms with van der Waals surface area (Å²) < 4.78 is 38.1. The van der Waals surface area contributed by atoms with Crippen LogP contribution in [0.5, 0.6) is 17.2 Å². The largest absolute Gasteiger partial charge is 0.493 e. The number of nitrogens with one attached hydrogen (secondary N) is 2. The topological polar surface area (TPSA) is 108 Å². The summed E-state index contributed by atoms with van der Waals surface area (Å²) in [6.45, 7) is 9.81. The quantitative estimate of drug-likeness (QED) is 0.112. The number of ether oxygens (including phenoxy) is 2. The molecule has 1 heterocycles. The van der Waals surface area contributed by atoms with Crippen molar-refractivity contribution < 1.29 is 32.5 Å². The number of anilines is 1. The summed E-state index contributed by atoms with van der Waals surface area (Å²) >= 11 is 0. The fraction of sp³-hybridized carbons (Fsp3) is 0.433. The predicted molar refractivity (Wildman–Crippen MR) is 157 cm³/mol. The molecule has 9 nitrogen and oxygen atoms in total. The summed E-state index contributed by atoms with van der Waals surface area (Å²) in [6.07, 6.45) is 4.11. The molecule has 0 spiro atoms. The summed E-state index contributed by atoms with van der Waals surface area (Å²) in [5.74, 6) is -0.0466. The Balaban J connectivity index is 1.35. The van der Waals surface area contributed by atoms with Crippen molar-refractivity contribution in [3.05, 3.63) is 54.0 Å². The highest BCUT2D eigenvalue weighted by Gasteiger charge is 2.54. The lowest BCUT2D eigenvalue weighted by Gasteiger charge is -2.16. The zero-order valence-corrected chi connectivity index (χ0v) is 24.8. The Morgan fingerprint density at radius 3 is 2.46 bits per heavy atom. The lowest BCUT2D eigenvalue weighted by atomic mass is 10.0. The van der Waals surface area contributed by atoms with Gasteiger partial charge >= 0.3 is 0 Å². The molecule has 1 amide bonds. The molecule has 1 aliphatic carbocycles. The Morgan fingerprint density at radius 2 is 1.80 bits per heavy atom. The van der Waals surface area contributed by atoms with Crippen molar-refractivity contribution >= 4 is 36.7 Å². The number of aryl methyl sites for hydroxylation is 1. The number of hydrogen-bond acceptors (Lipinski definition) is 8. The summed E-state index contributed by atoms with van der Waals surface area (Å²) in [7, 11) is -0.908. The van der Waals surface area contributed by atoms with Gasteiger partial charge < -0.3 is 29.2 Å². The van der Waals surface area contributed by atoms with Crippen molar-refractivity contribution in [2.45, 2.75) is 47.0 Å². The average molecular weight is 586 g/mol. The Labute approximate surface area is 241 Å². The summed E-state index contributed by atoms with van der Waals surface area (Å²) in [4.78, 5) is 28.7. The van der Waals surface area contributed by atoms with Gasteiger partial charge in [-0.15, -0.1) is 0 Å². The number of halogens is 1. The molecule has 0 bridgehead atoms. The second kappa shape index (κ2) is 14.1. The first-order chi connectivity index (χ1) is 19.8. The number of benzene rings is 2. The van der Waals surface area contributed by atoms with Gasteiger partial charge in [0, 0.05) is 29.4 Å². The molecule has 11 heteroatoms. The van der Waals surface area contributed by atoms with E-state index in [1.165, 1.54) is 19.1 Å². The van der Waals surface area contributed by atoms with Crippen LogP contribution in [0.25, 0.3) is 10.9 Å². The molecule has 1 aliphatic rings. The molecule has 2 N–H and O–H groups in total. The van der Waals surface area contributed by atoms with E-state index in [-0.39, 0.29) is 17.2 Å². The minimum atomic E-state index is -0.976. The molecule has 3 aromatic rings. The van der Waals surface area contributed by atoms with E-state index in [1.807, 2.05) is 32.9 Å². The number of carbonyl (C=O) groups is 2. The van der Waals surface area contributed by atoms with E-state index in [2.05, 4.69) is 15.6 Å². The number of pyridine rings is 1. The predicted octanol–water partition coefficient (Wildman–Crippen LogP) is 6.48. The van der Waals surface area contributed by atoms with Crippen LogP contribution < -0.4 is 20.1 Å². The standard InChI is InChI=1S/C30H37FN3O6P/c1-5-38-41(39-6-2)19-32-13-7-15-37-28-18-25-23(16-20(28)3)26(10-14-33-25)40-27-9-8-22(17-24(27)31)34-29(36)30(11-12-30)21(4)35/h8-10,14,16-18,32H,5-7,11-13,15,19H2,1-4H3,(H,34,36). The number of fused-ring (bicyclic) bond motifs is 1. The third kappa shape index (κ3) is 7.77. The van der Waals surface area contributed by atoms with Gasteiger partial charge in [0.15, 0.2) is 19.9 Å². The van der Waals surface area contributed by atoms with Crippen molar-refractivity contribution in [3.63, 3.8) is 0 Å². The number of nitrogens with zero attached hydrogens (tertiary/aromatic N) is 1. The second-order valence-corrected chi connectivity index (χ2v) is 11.3. The van der Waals surface area contributed by atoms with Gasteiger partial charge in [-0.05, 0) is 83.3 Å². The fourth-order valence-corrected chi connectivity index (χ4v) is 5.54. The van der Waals surface area contributed by atoms with E-state index < -0.39 is 25.5 Å². The van der Waals surface area contributed by atoms with E-state index >= 15 is 0 Å². The number of Topliss-reactive ketones (excluding diaryl/α,β-unsaturated/α-hetero) is 1. The highest BCUT2D eigenvalue weighted by Crippen LogP contribution is 2.47. The maximum absolute atomic E-state index is 15.0. The van der Waals surface area contributed by atoms with Crippen molar-refractivity contribution in [3.8, 4) is 17.2 Å². The summed E-state index contributed by atoms with van der Waals surface area (Å²) in [5, 5.41) is 6.72. The molecule has 4 rings (SSSR count). The number of carbonyl (C=O) groups excluding carboxylic acids is 2. The second-order valence-electron chi connectivity index (χ2n) is 9.81. The number of amides is 1. The van der Waals surface area contributed by atoms with Gasteiger partial charge in [0.25, 0.3) is 0 Å². The van der Waals surface area contributed by atoms with Crippen LogP contribution in [0.2, 0.25) is 0 Å². The molecule has 1 fully saturated rings. The smallest absolute Gasteiger partial charge is 0.238 e. The van der Waals surface area contributed by atoms with E-state index in [0.29, 0.717) is 55.6 Å². The molecule has 0 radical (unpaired) electrons. The average Bonchev–Trinajstić information content (AvgIpc) is 3.75. The Bertz CT molecular complexity index is 1380. The van der Waals surface area contributed by atoms with Gasteiger partial charge in [-0.1, -0.05) is 0 Å². The Kier molecular flexibility index (Phi) is 10.6. The lowest BCUT2D eigenvalue weighted by molar-refractivity contribution is -0.131. The highest BCUT2D eigenvalue weighted by molar-refractivity contribution is 7.47. The normalized spacial score (nSPS) is 13.8. The van der Waals surface area contributed by atoms with Crippen LogP contribution in [0.15, 0.2) is 42.6 Å². The summed E-state index contributed by atoms with van der Waals surface area (Å²) in [6, 6.07) is 9.63. The van der Waals surface area contributed by atoms with Crippen molar-refractivity contribution in [1.82, 2.24) is 10.3 Å². The lowest BCUT2D eigenvalue weighted by Crippen LogP contribution is -2.29. The maximum Gasteiger partial charge on any atom is 0.238 e. The monoisotopic (exact) mass is 585 g/mol. The maximum atomic E-state index is 15.0. The molecule has 2 aromatic carbocycles. The molecular weight excluding hydrogens is 548 g/mol. The molecule has 41 heavy (non-hydrogen) atoms.